The van der Waals surface area contributed by atoms with Gasteiger partial charge in [0.15, 0.2) is 11.3 Å². The lowest BCUT2D eigenvalue weighted by Crippen LogP contribution is -2.54. The summed E-state index contributed by atoms with van der Waals surface area (Å²) >= 11 is 0. The zero-order valence-electron chi connectivity index (χ0n) is 23.4. The Balaban J connectivity index is 1.98. The molecule has 0 aliphatic heterocycles. The third-order valence-corrected chi connectivity index (χ3v) is 7.36. The minimum atomic E-state index is -1.70. The van der Waals surface area contributed by atoms with Gasteiger partial charge in [-0.2, -0.15) is 0 Å². The van der Waals surface area contributed by atoms with Gasteiger partial charge in [-0.05, 0) is 35.2 Å². The molecule has 1 N–H and O–H groups in total. The SMILES string of the molecule is COc1ccc(C(=O)C[C@@H](c2ccccc2)[C@](N=C(c2ccccc2)c2ccccc2)(C(=O)O)C(C)(C)C)cc1. The van der Waals surface area contributed by atoms with Gasteiger partial charge in [0.05, 0.1) is 12.8 Å². The molecular formula is C35H35NO4. The van der Waals surface area contributed by atoms with Crippen LogP contribution in [0.15, 0.2) is 120 Å². The second-order valence-electron chi connectivity index (χ2n) is 10.8. The predicted molar refractivity (Wildman–Crippen MR) is 159 cm³/mol. The summed E-state index contributed by atoms with van der Waals surface area (Å²) in [6.45, 7) is 5.64. The van der Waals surface area contributed by atoms with Gasteiger partial charge in [0.1, 0.15) is 5.75 Å². The first kappa shape index (κ1) is 28.5. The normalized spacial score (nSPS) is 13.5. The largest absolute Gasteiger partial charge is 0.497 e. The van der Waals surface area contributed by atoms with Gasteiger partial charge in [-0.15, -0.1) is 0 Å². The number of aliphatic carboxylic acids is 1. The fourth-order valence-corrected chi connectivity index (χ4v) is 5.22. The first-order valence-corrected chi connectivity index (χ1v) is 13.3. The van der Waals surface area contributed by atoms with Gasteiger partial charge in [-0.3, -0.25) is 9.79 Å². The number of ketones is 1. The topological polar surface area (TPSA) is 76.0 Å². The van der Waals surface area contributed by atoms with E-state index in [9.17, 15) is 14.7 Å². The first-order chi connectivity index (χ1) is 19.2. The monoisotopic (exact) mass is 533 g/mol. The van der Waals surface area contributed by atoms with Crippen molar-refractivity contribution in [2.24, 2.45) is 10.4 Å². The van der Waals surface area contributed by atoms with Crippen LogP contribution in [0.25, 0.3) is 0 Å². The van der Waals surface area contributed by atoms with Crippen LogP contribution >= 0.6 is 0 Å². The molecule has 0 unspecified atom stereocenters. The Morgan fingerprint density at radius 3 is 1.62 bits per heavy atom. The molecule has 0 aliphatic rings. The number of carboxylic acid groups (broad SMARTS) is 1. The van der Waals surface area contributed by atoms with E-state index in [1.54, 1.807) is 31.4 Å². The molecule has 0 radical (unpaired) electrons. The van der Waals surface area contributed by atoms with E-state index in [1.165, 1.54) is 0 Å². The average Bonchev–Trinajstić information content (AvgIpc) is 2.97. The van der Waals surface area contributed by atoms with Crippen LogP contribution in [0.4, 0.5) is 0 Å². The van der Waals surface area contributed by atoms with E-state index in [4.69, 9.17) is 9.73 Å². The summed E-state index contributed by atoms with van der Waals surface area (Å²) in [5.41, 5.74) is 0.826. The second kappa shape index (κ2) is 12.1. The van der Waals surface area contributed by atoms with E-state index in [2.05, 4.69) is 0 Å². The molecule has 204 valence electrons. The highest BCUT2D eigenvalue weighted by molar-refractivity contribution is 6.14. The van der Waals surface area contributed by atoms with Crippen LogP contribution in [0.1, 0.15) is 60.2 Å². The summed E-state index contributed by atoms with van der Waals surface area (Å²) < 4.78 is 5.25. The predicted octanol–water partition coefficient (Wildman–Crippen LogP) is 7.46. The summed E-state index contributed by atoms with van der Waals surface area (Å²) in [5.74, 6) is -1.36. The van der Waals surface area contributed by atoms with E-state index < -0.39 is 22.8 Å². The molecule has 0 amide bonds. The van der Waals surface area contributed by atoms with Crippen molar-refractivity contribution in [2.75, 3.05) is 7.11 Å². The molecule has 5 nitrogen and oxygen atoms in total. The molecule has 0 saturated heterocycles. The zero-order valence-corrected chi connectivity index (χ0v) is 23.4. The van der Waals surface area contributed by atoms with E-state index in [0.717, 1.165) is 16.7 Å². The maximum absolute atomic E-state index is 13.8. The molecule has 4 aromatic rings. The molecule has 0 bridgehead atoms. The van der Waals surface area contributed by atoms with Crippen LogP contribution in [0, 0.1) is 5.41 Å². The number of hydrogen-bond donors (Lipinski definition) is 1. The number of nitrogens with zero attached hydrogens (tertiary/aromatic N) is 1. The highest BCUT2D eigenvalue weighted by atomic mass is 16.5. The Kier molecular flexibility index (Phi) is 8.64. The van der Waals surface area contributed by atoms with Crippen molar-refractivity contribution in [1.82, 2.24) is 0 Å². The summed E-state index contributed by atoms with van der Waals surface area (Å²) in [4.78, 5) is 32.6. The minimum absolute atomic E-state index is 0.0414. The number of aliphatic imine (C=N–C) groups is 1. The summed E-state index contributed by atoms with van der Waals surface area (Å²) in [7, 11) is 1.57. The molecule has 40 heavy (non-hydrogen) atoms. The third kappa shape index (κ3) is 5.89. The van der Waals surface area contributed by atoms with Gasteiger partial charge in [-0.1, -0.05) is 112 Å². The zero-order chi connectivity index (χ0) is 28.8. The van der Waals surface area contributed by atoms with E-state index in [0.29, 0.717) is 17.0 Å². The van der Waals surface area contributed by atoms with E-state index in [-0.39, 0.29) is 12.2 Å². The van der Waals surface area contributed by atoms with Crippen molar-refractivity contribution in [3.8, 4) is 5.75 Å². The van der Waals surface area contributed by atoms with Crippen molar-refractivity contribution in [3.63, 3.8) is 0 Å². The maximum atomic E-state index is 13.8. The lowest BCUT2D eigenvalue weighted by atomic mass is 9.62. The molecule has 0 saturated carbocycles. The van der Waals surface area contributed by atoms with E-state index >= 15 is 0 Å². The van der Waals surface area contributed by atoms with Gasteiger partial charge in [0.2, 0.25) is 0 Å². The Morgan fingerprint density at radius 1 is 0.725 bits per heavy atom. The molecule has 0 heterocycles. The number of benzene rings is 4. The lowest BCUT2D eigenvalue weighted by molar-refractivity contribution is -0.149. The quantitative estimate of drug-likeness (QED) is 0.170. The average molecular weight is 534 g/mol. The highest BCUT2D eigenvalue weighted by Gasteiger charge is 2.56. The smallest absolute Gasteiger partial charge is 0.332 e. The van der Waals surface area contributed by atoms with Crippen molar-refractivity contribution in [1.29, 1.82) is 0 Å². The number of ether oxygens (including phenoxy) is 1. The van der Waals surface area contributed by atoms with Gasteiger partial charge in [0, 0.05) is 29.0 Å². The Bertz CT molecular complexity index is 1420. The highest BCUT2D eigenvalue weighted by Crippen LogP contribution is 2.48. The summed E-state index contributed by atoms with van der Waals surface area (Å²) in [6, 6.07) is 35.5. The molecule has 2 atom stereocenters. The molecule has 0 spiro atoms. The molecule has 0 aromatic heterocycles. The number of carbonyl (C=O) groups excluding carboxylic acids is 1. The number of Topliss-reactive ketones (excluding diaryl/α,β-unsaturated/α-hetero) is 1. The number of rotatable bonds is 10. The molecule has 0 fully saturated rings. The Morgan fingerprint density at radius 2 is 1.20 bits per heavy atom. The van der Waals surface area contributed by atoms with Gasteiger partial charge in [-0.25, -0.2) is 4.79 Å². The molecule has 4 aromatic carbocycles. The molecule has 5 heteroatoms. The van der Waals surface area contributed by atoms with Crippen LogP contribution in [-0.2, 0) is 4.79 Å². The van der Waals surface area contributed by atoms with Gasteiger partial charge < -0.3 is 9.84 Å². The van der Waals surface area contributed by atoms with Crippen LogP contribution in [-0.4, -0.2) is 35.2 Å². The molecule has 0 aliphatic carbocycles. The van der Waals surface area contributed by atoms with Crippen LogP contribution in [0.5, 0.6) is 5.75 Å². The third-order valence-electron chi connectivity index (χ3n) is 7.36. The van der Waals surface area contributed by atoms with Crippen LogP contribution in [0.2, 0.25) is 0 Å². The van der Waals surface area contributed by atoms with Crippen LogP contribution < -0.4 is 4.74 Å². The summed E-state index contributed by atoms with van der Waals surface area (Å²) in [6.07, 6.45) is -0.0414. The van der Waals surface area contributed by atoms with Crippen molar-refractivity contribution in [2.45, 2.75) is 38.6 Å². The van der Waals surface area contributed by atoms with Crippen molar-refractivity contribution in [3.05, 3.63) is 138 Å². The number of hydrogen-bond acceptors (Lipinski definition) is 4. The summed E-state index contributed by atoms with van der Waals surface area (Å²) in [5, 5.41) is 11.2. The van der Waals surface area contributed by atoms with Crippen LogP contribution in [0.3, 0.4) is 0 Å². The van der Waals surface area contributed by atoms with Crippen molar-refractivity contribution < 1.29 is 19.4 Å². The Labute approximate surface area is 236 Å². The van der Waals surface area contributed by atoms with Gasteiger partial charge >= 0.3 is 5.97 Å². The fourth-order valence-electron chi connectivity index (χ4n) is 5.22. The second-order valence-corrected chi connectivity index (χ2v) is 10.8. The standard InChI is InChI=1S/C35H35NO4/c1-34(2,3)35(33(38)39,36-32(27-16-10-6-11-17-27)28-18-12-7-13-19-28)30(25-14-8-5-9-15-25)24-31(37)26-20-22-29(40-4)23-21-26/h5-23,30H,24H2,1-4H3,(H,38,39)/t30-,35-/m0/s1. The first-order valence-electron chi connectivity index (χ1n) is 13.3. The number of carboxylic acids is 1. The number of carbonyl (C=O) groups is 2. The number of methoxy groups -OCH3 is 1. The molecular weight excluding hydrogens is 498 g/mol. The minimum Gasteiger partial charge on any atom is -0.497 e. The van der Waals surface area contributed by atoms with Crippen molar-refractivity contribution >= 4 is 17.5 Å². The van der Waals surface area contributed by atoms with E-state index in [1.807, 2.05) is 112 Å². The Hall–Kier alpha value is -4.51. The lowest BCUT2D eigenvalue weighted by Gasteiger charge is -2.44. The fraction of sp³-hybridized carbons (Fsp3) is 0.229. The molecule has 4 rings (SSSR count). The maximum Gasteiger partial charge on any atom is 0.332 e. The van der Waals surface area contributed by atoms with Gasteiger partial charge in [0.25, 0.3) is 0 Å².